The highest BCUT2D eigenvalue weighted by Crippen LogP contribution is 2.53. The maximum Gasteiger partial charge on any atom is 0.212 e. The molecule has 7 aromatic carbocycles. The van der Waals surface area contributed by atoms with Gasteiger partial charge in [-0.2, -0.15) is 5.26 Å². The molecule has 0 N–H and O–H groups in total. The fourth-order valence-corrected chi connectivity index (χ4v) is 8.60. The molecule has 4 nitrogen and oxygen atoms in total. The molecule has 0 spiro atoms. The third-order valence-electron chi connectivity index (χ3n) is 10.8. The van der Waals surface area contributed by atoms with Crippen LogP contribution in [0.3, 0.4) is 0 Å². The Kier molecular flexibility index (Phi) is 5.44. The SMILES string of the molecule is [C-]#[N+]c1cc(-n2c3ccccc3c3ccc4c(c32)-c2ccccc2C4(C)C)c(C#N)cc1-n1c2ccccc2c2c3ccccc3ccc21. The predicted molar refractivity (Wildman–Crippen MR) is 201 cm³/mol. The van der Waals surface area contributed by atoms with Crippen molar-refractivity contribution in [3.63, 3.8) is 0 Å². The molecule has 49 heavy (non-hydrogen) atoms. The van der Waals surface area contributed by atoms with Crippen molar-refractivity contribution in [3.8, 4) is 28.6 Å². The minimum absolute atomic E-state index is 0.175. The molecule has 0 fully saturated rings. The Bertz CT molecular complexity index is 2990. The number of para-hydroxylation sites is 2. The van der Waals surface area contributed by atoms with Crippen molar-refractivity contribution in [2.24, 2.45) is 0 Å². The van der Waals surface area contributed by atoms with E-state index in [1.807, 2.05) is 18.2 Å². The van der Waals surface area contributed by atoms with E-state index >= 15 is 0 Å². The van der Waals surface area contributed by atoms with Crippen LogP contribution in [0.1, 0.15) is 30.5 Å². The summed E-state index contributed by atoms with van der Waals surface area (Å²) in [5.41, 5.74) is 11.3. The first-order chi connectivity index (χ1) is 24.0. The molecule has 1 aliphatic carbocycles. The van der Waals surface area contributed by atoms with Crippen LogP contribution in [-0.2, 0) is 5.41 Å². The summed E-state index contributed by atoms with van der Waals surface area (Å²) in [5.74, 6) is 0. The molecule has 2 heterocycles. The van der Waals surface area contributed by atoms with Crippen molar-refractivity contribution in [3.05, 3.63) is 162 Å². The summed E-state index contributed by atoms with van der Waals surface area (Å²) in [6.45, 7) is 13.1. The third kappa shape index (κ3) is 3.50. The van der Waals surface area contributed by atoms with Gasteiger partial charge in [-0.05, 0) is 57.8 Å². The van der Waals surface area contributed by atoms with E-state index in [0.717, 1.165) is 43.6 Å². The van der Waals surface area contributed by atoms with Gasteiger partial charge in [-0.25, -0.2) is 4.85 Å². The lowest BCUT2D eigenvalue weighted by Crippen LogP contribution is -2.14. The molecule has 0 unspecified atom stereocenters. The number of nitrogens with zero attached hydrogens (tertiary/aromatic N) is 4. The van der Waals surface area contributed by atoms with Crippen LogP contribution in [0.5, 0.6) is 0 Å². The van der Waals surface area contributed by atoms with Crippen LogP contribution < -0.4 is 0 Å². The zero-order valence-corrected chi connectivity index (χ0v) is 27.0. The van der Waals surface area contributed by atoms with Gasteiger partial charge in [-0.15, -0.1) is 0 Å². The zero-order valence-electron chi connectivity index (χ0n) is 27.0. The van der Waals surface area contributed by atoms with Gasteiger partial charge in [0, 0.05) is 32.5 Å². The first-order valence-corrected chi connectivity index (χ1v) is 16.5. The molecular weight excluding hydrogens is 597 g/mol. The minimum atomic E-state index is -0.175. The largest absolute Gasteiger partial charge is 0.319 e. The Labute approximate surface area is 283 Å². The van der Waals surface area contributed by atoms with Crippen molar-refractivity contribution in [2.75, 3.05) is 0 Å². The molecular formula is C45H28N4. The standard InChI is InChI=1S/C45H28N4/c1-45(2)34-17-9-6-15-32(34)43-35(45)22-21-31-30-14-7-10-18-37(30)49(44(31)43)40-25-36(47-3)41(24-28(40)26-46)48-38-19-11-8-16-33(38)42-29-13-5-4-12-27(29)20-23-39(42)48/h4-25H,1-2H3. The van der Waals surface area contributed by atoms with Gasteiger partial charge in [0.1, 0.15) is 6.07 Å². The molecule has 2 aromatic heterocycles. The molecule has 10 rings (SSSR count). The lowest BCUT2D eigenvalue weighted by atomic mass is 9.82. The number of aromatic nitrogens is 2. The van der Waals surface area contributed by atoms with E-state index in [2.05, 4.69) is 149 Å². The molecule has 1 aliphatic rings. The van der Waals surface area contributed by atoms with E-state index in [1.165, 1.54) is 33.0 Å². The highest BCUT2D eigenvalue weighted by atomic mass is 15.0. The smallest absolute Gasteiger partial charge is 0.212 e. The Hall–Kier alpha value is -6.62. The molecule has 0 atom stereocenters. The number of hydrogen-bond acceptors (Lipinski definition) is 1. The van der Waals surface area contributed by atoms with Crippen LogP contribution in [0.15, 0.2) is 133 Å². The van der Waals surface area contributed by atoms with Gasteiger partial charge < -0.3 is 9.13 Å². The van der Waals surface area contributed by atoms with Gasteiger partial charge in [0.15, 0.2) is 0 Å². The summed E-state index contributed by atoms with van der Waals surface area (Å²) in [4.78, 5) is 4.15. The molecule has 4 heteroatoms. The number of hydrogen-bond donors (Lipinski definition) is 0. The second kappa shape index (κ2) is 9.71. The van der Waals surface area contributed by atoms with E-state index in [1.54, 1.807) is 0 Å². The lowest BCUT2D eigenvalue weighted by Gasteiger charge is -2.21. The highest BCUT2D eigenvalue weighted by molar-refractivity contribution is 6.21. The summed E-state index contributed by atoms with van der Waals surface area (Å²) in [5, 5.41) is 17.7. The average Bonchev–Trinajstić information content (AvgIpc) is 3.74. The van der Waals surface area contributed by atoms with Crippen LogP contribution >= 0.6 is 0 Å². The first-order valence-electron chi connectivity index (χ1n) is 16.5. The molecule has 0 aliphatic heterocycles. The molecule has 0 saturated heterocycles. The van der Waals surface area contributed by atoms with Crippen LogP contribution in [-0.4, -0.2) is 9.13 Å². The maximum atomic E-state index is 10.9. The third-order valence-corrected chi connectivity index (χ3v) is 10.8. The molecule has 0 saturated carbocycles. The Morgan fingerprint density at radius 1 is 0.612 bits per heavy atom. The zero-order chi connectivity index (χ0) is 33.0. The van der Waals surface area contributed by atoms with E-state index in [4.69, 9.17) is 6.57 Å². The summed E-state index contributed by atoms with van der Waals surface area (Å²) in [6, 6.07) is 49.1. The first kappa shape index (κ1) is 27.5. The van der Waals surface area contributed by atoms with Gasteiger partial charge in [0.05, 0.1) is 45.6 Å². The van der Waals surface area contributed by atoms with Gasteiger partial charge in [0.25, 0.3) is 0 Å². The summed E-state index contributed by atoms with van der Waals surface area (Å²) in [7, 11) is 0. The molecule has 0 radical (unpaired) electrons. The predicted octanol–water partition coefficient (Wildman–Crippen LogP) is 11.8. The number of nitriles is 1. The fourth-order valence-electron chi connectivity index (χ4n) is 8.60. The quantitative estimate of drug-likeness (QED) is 0.176. The summed E-state index contributed by atoms with van der Waals surface area (Å²) >= 11 is 0. The number of rotatable bonds is 2. The normalized spacial score (nSPS) is 13.2. The molecule has 0 amide bonds. The molecule has 228 valence electrons. The second-order valence-corrected chi connectivity index (χ2v) is 13.5. The highest BCUT2D eigenvalue weighted by Gasteiger charge is 2.37. The second-order valence-electron chi connectivity index (χ2n) is 13.5. The lowest BCUT2D eigenvalue weighted by molar-refractivity contribution is 0.661. The van der Waals surface area contributed by atoms with Crippen molar-refractivity contribution >= 4 is 60.1 Å². The summed E-state index contributed by atoms with van der Waals surface area (Å²) < 4.78 is 4.40. The fraction of sp³-hybridized carbons (Fsp3) is 0.0667. The summed E-state index contributed by atoms with van der Waals surface area (Å²) in [6.07, 6.45) is 0. The van der Waals surface area contributed by atoms with Crippen molar-refractivity contribution in [1.29, 1.82) is 5.26 Å². The Morgan fingerprint density at radius 2 is 1.31 bits per heavy atom. The van der Waals surface area contributed by atoms with Crippen LogP contribution in [0.4, 0.5) is 5.69 Å². The van der Waals surface area contributed by atoms with Gasteiger partial charge in [-0.3, -0.25) is 0 Å². The monoisotopic (exact) mass is 624 g/mol. The molecule has 9 aromatic rings. The van der Waals surface area contributed by atoms with Crippen molar-refractivity contribution in [1.82, 2.24) is 9.13 Å². The van der Waals surface area contributed by atoms with Crippen molar-refractivity contribution in [2.45, 2.75) is 19.3 Å². The van der Waals surface area contributed by atoms with E-state index in [0.29, 0.717) is 22.6 Å². The van der Waals surface area contributed by atoms with E-state index in [-0.39, 0.29) is 5.41 Å². The average molecular weight is 625 g/mol. The van der Waals surface area contributed by atoms with E-state index < -0.39 is 0 Å². The topological polar surface area (TPSA) is 38.0 Å². The van der Waals surface area contributed by atoms with Crippen molar-refractivity contribution < 1.29 is 0 Å². The van der Waals surface area contributed by atoms with Gasteiger partial charge >= 0.3 is 0 Å². The Balaban J connectivity index is 1.33. The van der Waals surface area contributed by atoms with Crippen LogP contribution in [0, 0.1) is 17.9 Å². The van der Waals surface area contributed by atoms with Crippen LogP contribution in [0.25, 0.3) is 81.7 Å². The molecule has 0 bridgehead atoms. The van der Waals surface area contributed by atoms with E-state index in [9.17, 15) is 5.26 Å². The van der Waals surface area contributed by atoms with Crippen LogP contribution in [0.2, 0.25) is 0 Å². The Morgan fingerprint density at radius 3 is 2.10 bits per heavy atom. The number of fused-ring (bicyclic) bond motifs is 12. The van der Waals surface area contributed by atoms with Gasteiger partial charge in [0.2, 0.25) is 5.69 Å². The van der Waals surface area contributed by atoms with Gasteiger partial charge in [-0.1, -0.05) is 117 Å². The maximum absolute atomic E-state index is 10.9. The number of benzene rings is 7. The minimum Gasteiger partial charge on any atom is -0.319 e.